The molecule has 2 rings (SSSR count). The molecule has 16 heavy (non-hydrogen) atoms. The first-order valence-corrected chi connectivity index (χ1v) is 5.59. The summed E-state index contributed by atoms with van der Waals surface area (Å²) in [6.45, 7) is 4.17. The lowest BCUT2D eigenvalue weighted by atomic mass is 9.97. The number of rotatable bonds is 1. The van der Waals surface area contributed by atoms with Gasteiger partial charge in [0.15, 0.2) is 0 Å². The van der Waals surface area contributed by atoms with E-state index < -0.39 is 0 Å². The predicted molar refractivity (Wildman–Crippen MR) is 64.0 cm³/mol. The third-order valence-electron chi connectivity index (χ3n) is 3.50. The topological polar surface area (TPSA) is 46.3 Å². The zero-order valence-electron chi connectivity index (χ0n) is 10.0. The van der Waals surface area contributed by atoms with Gasteiger partial charge in [-0.1, -0.05) is 18.2 Å². The molecular weight excluding hydrogens is 200 g/mol. The van der Waals surface area contributed by atoms with Crippen LogP contribution in [0.15, 0.2) is 18.2 Å². The van der Waals surface area contributed by atoms with Gasteiger partial charge >= 0.3 is 0 Å². The summed E-state index contributed by atoms with van der Waals surface area (Å²) in [5.41, 5.74) is 9.68. The molecular formula is C13H18N2O. The SMILES string of the molecule is Cc1ccc([C@H]2[C@H](N)CC(=O)N2C)cc1C. The van der Waals surface area contributed by atoms with Crippen molar-refractivity contribution in [1.29, 1.82) is 0 Å². The summed E-state index contributed by atoms with van der Waals surface area (Å²) in [5.74, 6) is 0.135. The van der Waals surface area contributed by atoms with Gasteiger partial charge in [-0.15, -0.1) is 0 Å². The van der Waals surface area contributed by atoms with Crippen LogP contribution in [0, 0.1) is 13.8 Å². The zero-order chi connectivity index (χ0) is 11.9. The number of carbonyl (C=O) groups is 1. The van der Waals surface area contributed by atoms with Gasteiger partial charge < -0.3 is 10.6 Å². The molecule has 3 heteroatoms. The standard InChI is InChI=1S/C13H18N2O/c1-8-4-5-10(6-9(8)2)13-11(14)7-12(16)15(13)3/h4-6,11,13H,7,14H2,1-3H3/t11-,13+/m1/s1. The Morgan fingerprint density at radius 1 is 1.31 bits per heavy atom. The van der Waals surface area contributed by atoms with Crippen LogP contribution in [0.5, 0.6) is 0 Å². The van der Waals surface area contributed by atoms with E-state index in [1.54, 1.807) is 4.90 Å². The van der Waals surface area contributed by atoms with E-state index in [1.165, 1.54) is 11.1 Å². The Morgan fingerprint density at radius 2 is 2.00 bits per heavy atom. The molecule has 2 atom stereocenters. The van der Waals surface area contributed by atoms with Gasteiger partial charge in [-0.25, -0.2) is 0 Å². The number of carbonyl (C=O) groups excluding carboxylic acids is 1. The minimum atomic E-state index is -0.0837. The number of aryl methyl sites for hydroxylation is 2. The van der Waals surface area contributed by atoms with Crippen LogP contribution in [0.4, 0.5) is 0 Å². The second-order valence-corrected chi connectivity index (χ2v) is 4.66. The van der Waals surface area contributed by atoms with E-state index in [0.717, 1.165) is 5.56 Å². The number of amides is 1. The second kappa shape index (κ2) is 3.91. The average Bonchev–Trinajstić information content (AvgIpc) is 2.47. The monoisotopic (exact) mass is 218 g/mol. The highest BCUT2D eigenvalue weighted by Crippen LogP contribution is 2.31. The van der Waals surface area contributed by atoms with E-state index in [1.807, 2.05) is 7.05 Å². The van der Waals surface area contributed by atoms with E-state index in [-0.39, 0.29) is 18.0 Å². The molecule has 0 unspecified atom stereocenters. The third kappa shape index (κ3) is 1.71. The number of likely N-dealkylation sites (N-methyl/N-ethyl adjacent to an activating group) is 1. The minimum Gasteiger partial charge on any atom is -0.337 e. The maximum atomic E-state index is 11.6. The predicted octanol–water partition coefficient (Wildman–Crippen LogP) is 1.53. The van der Waals surface area contributed by atoms with Crippen molar-refractivity contribution in [2.75, 3.05) is 7.05 Å². The van der Waals surface area contributed by atoms with Crippen molar-refractivity contribution in [2.24, 2.45) is 5.73 Å². The van der Waals surface area contributed by atoms with Gasteiger partial charge in [0.05, 0.1) is 6.04 Å². The molecule has 1 aromatic rings. The molecule has 1 aliphatic heterocycles. The third-order valence-corrected chi connectivity index (χ3v) is 3.50. The van der Waals surface area contributed by atoms with Crippen LogP contribution in [0.2, 0.25) is 0 Å². The molecule has 1 saturated heterocycles. The number of benzene rings is 1. The summed E-state index contributed by atoms with van der Waals surface area (Å²) in [6.07, 6.45) is 0.452. The van der Waals surface area contributed by atoms with Crippen molar-refractivity contribution >= 4 is 5.91 Å². The van der Waals surface area contributed by atoms with Crippen molar-refractivity contribution in [3.8, 4) is 0 Å². The fraction of sp³-hybridized carbons (Fsp3) is 0.462. The molecule has 1 amide bonds. The van der Waals surface area contributed by atoms with Crippen molar-refractivity contribution in [3.05, 3.63) is 34.9 Å². The van der Waals surface area contributed by atoms with Gasteiger partial charge in [0, 0.05) is 19.5 Å². The lowest BCUT2D eigenvalue weighted by Crippen LogP contribution is -2.30. The summed E-state index contributed by atoms with van der Waals surface area (Å²) in [4.78, 5) is 13.3. The first-order valence-electron chi connectivity index (χ1n) is 5.59. The van der Waals surface area contributed by atoms with Crippen LogP contribution in [0.3, 0.4) is 0 Å². The second-order valence-electron chi connectivity index (χ2n) is 4.66. The van der Waals surface area contributed by atoms with Crippen molar-refractivity contribution in [1.82, 2.24) is 4.90 Å². The summed E-state index contributed by atoms with van der Waals surface area (Å²) >= 11 is 0. The molecule has 1 fully saturated rings. The van der Waals surface area contributed by atoms with Crippen molar-refractivity contribution in [3.63, 3.8) is 0 Å². The van der Waals surface area contributed by atoms with Crippen LogP contribution >= 0.6 is 0 Å². The molecule has 0 radical (unpaired) electrons. The van der Waals surface area contributed by atoms with E-state index in [4.69, 9.17) is 5.73 Å². The molecule has 0 spiro atoms. The quantitative estimate of drug-likeness (QED) is 0.777. The molecule has 1 aliphatic rings. The van der Waals surface area contributed by atoms with Crippen LogP contribution < -0.4 is 5.73 Å². The fourth-order valence-electron chi connectivity index (χ4n) is 2.32. The molecule has 1 aromatic carbocycles. The van der Waals surface area contributed by atoms with Crippen LogP contribution in [0.1, 0.15) is 29.2 Å². The molecule has 86 valence electrons. The van der Waals surface area contributed by atoms with Crippen LogP contribution in [-0.2, 0) is 4.79 Å². The van der Waals surface area contributed by atoms with E-state index in [9.17, 15) is 4.79 Å². The first kappa shape index (κ1) is 11.1. The normalized spacial score (nSPS) is 25.2. The number of likely N-dealkylation sites (tertiary alicyclic amines) is 1. The van der Waals surface area contributed by atoms with Gasteiger partial charge in [0.25, 0.3) is 0 Å². The summed E-state index contributed by atoms with van der Waals surface area (Å²) in [5, 5.41) is 0. The maximum Gasteiger partial charge on any atom is 0.224 e. The number of nitrogens with zero attached hydrogens (tertiary/aromatic N) is 1. The summed E-state index contributed by atoms with van der Waals surface area (Å²) < 4.78 is 0. The Kier molecular flexibility index (Phi) is 2.72. The molecule has 2 N–H and O–H groups in total. The highest BCUT2D eigenvalue weighted by molar-refractivity contribution is 5.80. The Hall–Kier alpha value is -1.35. The lowest BCUT2D eigenvalue weighted by Gasteiger charge is -2.23. The minimum absolute atomic E-state index is 0.0341. The zero-order valence-corrected chi connectivity index (χ0v) is 10.0. The smallest absolute Gasteiger partial charge is 0.224 e. The van der Waals surface area contributed by atoms with E-state index >= 15 is 0 Å². The molecule has 3 nitrogen and oxygen atoms in total. The van der Waals surface area contributed by atoms with Gasteiger partial charge in [-0.05, 0) is 30.5 Å². The average molecular weight is 218 g/mol. The molecule has 0 aliphatic carbocycles. The van der Waals surface area contributed by atoms with Crippen molar-refractivity contribution < 1.29 is 4.79 Å². The Bertz CT molecular complexity index is 428. The molecule has 0 saturated carbocycles. The first-order chi connectivity index (χ1) is 7.50. The molecule has 0 bridgehead atoms. The summed E-state index contributed by atoms with van der Waals surface area (Å²) in [7, 11) is 1.83. The van der Waals surface area contributed by atoms with E-state index in [2.05, 4.69) is 32.0 Å². The Labute approximate surface area is 96.2 Å². The number of hydrogen-bond donors (Lipinski definition) is 1. The van der Waals surface area contributed by atoms with Crippen molar-refractivity contribution in [2.45, 2.75) is 32.4 Å². The Balaban J connectivity index is 2.37. The highest BCUT2D eigenvalue weighted by atomic mass is 16.2. The van der Waals surface area contributed by atoms with Crippen LogP contribution in [-0.4, -0.2) is 23.9 Å². The van der Waals surface area contributed by atoms with E-state index in [0.29, 0.717) is 6.42 Å². The van der Waals surface area contributed by atoms with Crippen LogP contribution in [0.25, 0.3) is 0 Å². The molecule has 0 aromatic heterocycles. The lowest BCUT2D eigenvalue weighted by molar-refractivity contribution is -0.127. The maximum absolute atomic E-state index is 11.6. The number of nitrogens with two attached hydrogens (primary N) is 1. The summed E-state index contributed by atoms with van der Waals surface area (Å²) in [6, 6.07) is 6.25. The van der Waals surface area contributed by atoms with Gasteiger partial charge in [-0.2, -0.15) is 0 Å². The van der Waals surface area contributed by atoms with Gasteiger partial charge in [0.1, 0.15) is 0 Å². The van der Waals surface area contributed by atoms with Gasteiger partial charge in [0.2, 0.25) is 5.91 Å². The molecule has 1 heterocycles. The number of hydrogen-bond acceptors (Lipinski definition) is 2. The Morgan fingerprint density at radius 3 is 2.50 bits per heavy atom. The highest BCUT2D eigenvalue weighted by Gasteiger charge is 2.35. The largest absolute Gasteiger partial charge is 0.337 e. The van der Waals surface area contributed by atoms with Gasteiger partial charge in [-0.3, -0.25) is 4.79 Å². The fourth-order valence-corrected chi connectivity index (χ4v) is 2.32.